The van der Waals surface area contributed by atoms with E-state index in [1.807, 2.05) is 6.92 Å². The number of carbonyl (C=O) groups is 2. The van der Waals surface area contributed by atoms with Crippen LogP contribution in [-0.2, 0) is 28.5 Å². The van der Waals surface area contributed by atoms with Crippen molar-refractivity contribution in [3.63, 3.8) is 0 Å². The first-order valence-corrected chi connectivity index (χ1v) is 21.0. The summed E-state index contributed by atoms with van der Waals surface area (Å²) in [6.45, 7) is 12.8. The van der Waals surface area contributed by atoms with Crippen LogP contribution in [0.3, 0.4) is 0 Å². The molecule has 57 heavy (non-hydrogen) atoms. The Bertz CT molecular complexity index is 1590. The van der Waals surface area contributed by atoms with E-state index in [0.717, 1.165) is 44.9 Å². The monoisotopic (exact) mass is 810 g/mol. The summed E-state index contributed by atoms with van der Waals surface area (Å²) in [5.41, 5.74) is -0.762. The van der Waals surface area contributed by atoms with Crippen molar-refractivity contribution in [3.8, 4) is 0 Å². The molecule has 2 aliphatic heterocycles. The number of carboxylic acids is 1. The SMILES string of the molecule is CC1(C)CCC2(C(=O)O[C@@H]3O[C@H](CO)[C@@H](O[C@@H]4O[C@H](C(=O)O)[C@@H](O)[C@H](O)[C@H]4O)[C@H](O)[C@H]3O)CC[C@]3(C)C(=CCC4[C@@]5(C)CCC(O)[C@@](C)(CO)C5CC[C@]43C)C2C1. The zero-order chi connectivity index (χ0) is 41.8. The molecule has 7 rings (SSSR count). The number of esters is 1. The number of carboxylic acid groups (broad SMARTS) is 1. The Hall–Kier alpha value is -1.76. The maximum atomic E-state index is 14.8. The molecule has 0 aromatic heterocycles. The first-order chi connectivity index (χ1) is 26.5. The molecule has 0 spiro atoms. The minimum absolute atomic E-state index is 0.0540. The molecule has 0 aromatic rings. The molecule has 9 N–H and O–H groups in total. The van der Waals surface area contributed by atoms with Gasteiger partial charge >= 0.3 is 11.9 Å². The van der Waals surface area contributed by atoms with Gasteiger partial charge in [-0.2, -0.15) is 0 Å². The van der Waals surface area contributed by atoms with Gasteiger partial charge in [-0.1, -0.05) is 53.2 Å². The zero-order valence-corrected chi connectivity index (χ0v) is 34.1. The third kappa shape index (κ3) is 6.39. The second-order valence-corrected chi connectivity index (χ2v) is 20.5. The van der Waals surface area contributed by atoms with Gasteiger partial charge in [0.1, 0.15) is 42.7 Å². The Morgan fingerprint density at radius 1 is 0.772 bits per heavy atom. The predicted molar refractivity (Wildman–Crippen MR) is 200 cm³/mol. The number of aliphatic carboxylic acids is 1. The van der Waals surface area contributed by atoms with Gasteiger partial charge in [-0.05, 0) is 104 Å². The first kappa shape index (κ1) is 43.3. The molecular formula is C42H66O15. The Kier molecular flexibility index (Phi) is 11.2. The lowest BCUT2D eigenvalue weighted by molar-refractivity contribution is -0.353. The van der Waals surface area contributed by atoms with Crippen molar-refractivity contribution in [1.82, 2.24) is 0 Å². The van der Waals surface area contributed by atoms with Crippen molar-refractivity contribution in [2.45, 2.75) is 173 Å². The highest BCUT2D eigenvalue weighted by atomic mass is 16.7. The summed E-state index contributed by atoms with van der Waals surface area (Å²) < 4.78 is 22.7. The van der Waals surface area contributed by atoms with Gasteiger partial charge in [0, 0.05) is 5.41 Å². The van der Waals surface area contributed by atoms with Gasteiger partial charge in [-0.3, -0.25) is 4.79 Å². The van der Waals surface area contributed by atoms with Crippen LogP contribution in [0.5, 0.6) is 0 Å². The Balaban J connectivity index is 1.14. The van der Waals surface area contributed by atoms with E-state index in [0.29, 0.717) is 25.2 Å². The van der Waals surface area contributed by atoms with E-state index < -0.39 is 96.9 Å². The number of carbonyl (C=O) groups excluding carboxylic acids is 1. The molecule has 0 bridgehead atoms. The molecule has 5 aliphatic carbocycles. The molecule has 19 atom stereocenters. The van der Waals surface area contributed by atoms with Gasteiger partial charge in [0.05, 0.1) is 24.7 Å². The lowest BCUT2D eigenvalue weighted by atomic mass is 9.33. The highest BCUT2D eigenvalue weighted by Gasteiger charge is 2.70. The summed E-state index contributed by atoms with van der Waals surface area (Å²) in [6, 6.07) is 0. The van der Waals surface area contributed by atoms with E-state index in [2.05, 4.69) is 40.7 Å². The van der Waals surface area contributed by atoms with Crippen molar-refractivity contribution in [2.75, 3.05) is 13.2 Å². The van der Waals surface area contributed by atoms with Crippen molar-refractivity contribution in [3.05, 3.63) is 11.6 Å². The third-order valence-electron chi connectivity index (χ3n) is 17.3. The number of ether oxygens (including phenoxy) is 4. The average Bonchev–Trinajstić information content (AvgIpc) is 3.16. The Morgan fingerprint density at radius 3 is 2.09 bits per heavy atom. The predicted octanol–water partition coefficient (Wildman–Crippen LogP) is 1.38. The van der Waals surface area contributed by atoms with Crippen LogP contribution in [0.2, 0.25) is 0 Å². The standard InChI is InChI=1S/C42H66O15/c1-37(2)13-15-42(36(53)57-34-30(50)28(48)31(22(18-43)54-34)55-35-29(49)26(46)27(47)32(56-35)33(51)52)16-14-40(5)20(21(42)17-37)7-8-24-38(3)11-10-25(45)39(4,19-44)23(38)9-12-41(24,40)6/h7,21-32,34-35,43-50H,8-19H2,1-6H3,(H,51,52)/t21?,22-,23?,24?,25?,26+,27+,28-,29-,30-,31-,32+,34+,35-,38+,39+,40-,41-,42?/m1/s1. The van der Waals surface area contributed by atoms with E-state index >= 15 is 0 Å². The molecule has 2 saturated heterocycles. The minimum Gasteiger partial charge on any atom is -0.479 e. The fraction of sp³-hybridized carbons (Fsp3) is 0.905. The molecule has 0 aromatic carbocycles. The average molecular weight is 811 g/mol. The highest BCUT2D eigenvalue weighted by molar-refractivity contribution is 5.79. The Morgan fingerprint density at radius 2 is 1.44 bits per heavy atom. The quantitative estimate of drug-likeness (QED) is 0.130. The number of hydrogen-bond donors (Lipinski definition) is 9. The summed E-state index contributed by atoms with van der Waals surface area (Å²) in [7, 11) is 0. The highest BCUT2D eigenvalue weighted by Crippen LogP contribution is 2.76. The molecule has 0 amide bonds. The van der Waals surface area contributed by atoms with Crippen molar-refractivity contribution in [1.29, 1.82) is 0 Å². The lowest BCUT2D eigenvalue weighted by Crippen LogP contribution is -2.66. The van der Waals surface area contributed by atoms with Crippen LogP contribution in [0.4, 0.5) is 0 Å². The zero-order valence-electron chi connectivity index (χ0n) is 34.1. The van der Waals surface area contributed by atoms with Gasteiger partial charge in [-0.15, -0.1) is 0 Å². The van der Waals surface area contributed by atoms with Crippen LogP contribution in [-0.4, -0.2) is 139 Å². The number of hydrogen-bond acceptors (Lipinski definition) is 14. The van der Waals surface area contributed by atoms with Crippen LogP contribution in [0.1, 0.15) is 106 Å². The summed E-state index contributed by atoms with van der Waals surface area (Å²) >= 11 is 0. The van der Waals surface area contributed by atoms with Gasteiger partial charge in [0.25, 0.3) is 0 Å². The minimum atomic E-state index is -1.99. The summed E-state index contributed by atoms with van der Waals surface area (Å²) in [6.07, 6.45) is -9.02. The number of aliphatic hydroxyl groups is 8. The normalized spacial score (nSPS) is 53.3. The molecule has 0 radical (unpaired) electrons. The fourth-order valence-corrected chi connectivity index (χ4v) is 13.5. The number of allylic oxidation sites excluding steroid dienone is 2. The Labute approximate surface area is 334 Å². The molecule has 6 fully saturated rings. The van der Waals surface area contributed by atoms with Crippen molar-refractivity contribution >= 4 is 11.9 Å². The molecule has 324 valence electrons. The second-order valence-electron chi connectivity index (χ2n) is 20.5. The first-order valence-electron chi connectivity index (χ1n) is 21.0. The van der Waals surface area contributed by atoms with Crippen LogP contribution >= 0.6 is 0 Å². The third-order valence-corrected chi connectivity index (χ3v) is 17.3. The molecule has 7 aliphatic rings. The number of aliphatic hydroxyl groups excluding tert-OH is 8. The number of fused-ring (bicyclic) bond motifs is 7. The van der Waals surface area contributed by atoms with E-state index in [1.165, 1.54) is 5.57 Å². The van der Waals surface area contributed by atoms with Gasteiger partial charge in [0.2, 0.25) is 6.29 Å². The lowest BCUT2D eigenvalue weighted by Gasteiger charge is -2.71. The maximum absolute atomic E-state index is 14.8. The van der Waals surface area contributed by atoms with E-state index in [-0.39, 0.29) is 40.1 Å². The van der Waals surface area contributed by atoms with Gasteiger partial charge < -0.3 is 64.9 Å². The summed E-state index contributed by atoms with van der Waals surface area (Å²) in [5, 5.41) is 94.9. The van der Waals surface area contributed by atoms with E-state index in [9.17, 15) is 55.5 Å². The molecule has 4 saturated carbocycles. The van der Waals surface area contributed by atoms with E-state index in [1.54, 1.807) is 0 Å². The largest absolute Gasteiger partial charge is 0.479 e. The van der Waals surface area contributed by atoms with Crippen molar-refractivity contribution in [2.24, 2.45) is 50.2 Å². The second kappa shape index (κ2) is 14.7. The van der Waals surface area contributed by atoms with Crippen molar-refractivity contribution < 1.29 is 74.5 Å². The molecule has 15 heteroatoms. The topological polar surface area (TPSA) is 253 Å². The van der Waals surface area contributed by atoms with Gasteiger partial charge in [0.15, 0.2) is 12.4 Å². The fourth-order valence-electron chi connectivity index (χ4n) is 13.5. The molecular weight excluding hydrogens is 744 g/mol. The molecule has 2 heterocycles. The van der Waals surface area contributed by atoms with Gasteiger partial charge in [-0.25, -0.2) is 4.79 Å². The number of rotatable bonds is 7. The maximum Gasteiger partial charge on any atom is 0.335 e. The van der Waals surface area contributed by atoms with E-state index in [4.69, 9.17) is 18.9 Å². The smallest absolute Gasteiger partial charge is 0.335 e. The summed E-state index contributed by atoms with van der Waals surface area (Å²) in [4.78, 5) is 26.4. The molecule has 15 nitrogen and oxygen atoms in total. The van der Waals surface area contributed by atoms with Crippen LogP contribution in [0.15, 0.2) is 11.6 Å². The molecule has 5 unspecified atom stereocenters. The van der Waals surface area contributed by atoms with Crippen LogP contribution in [0, 0.1) is 50.2 Å². The summed E-state index contributed by atoms with van der Waals surface area (Å²) in [5.74, 6) is -1.89. The van der Waals surface area contributed by atoms with Crippen LogP contribution < -0.4 is 0 Å². The van der Waals surface area contributed by atoms with Crippen LogP contribution in [0.25, 0.3) is 0 Å².